The minimum Gasteiger partial charge on any atom is -1.00 e. The van der Waals surface area contributed by atoms with Crippen LogP contribution in [0.5, 0.6) is 0 Å². The first-order valence-electron chi connectivity index (χ1n) is 1.49. The summed E-state index contributed by atoms with van der Waals surface area (Å²) in [5.41, 5.74) is 0. The lowest BCUT2D eigenvalue weighted by atomic mass is 11.0. The van der Waals surface area contributed by atoms with Gasteiger partial charge in [-0.1, -0.05) is 0 Å². The summed E-state index contributed by atoms with van der Waals surface area (Å²) in [6, 6.07) is 0. The van der Waals surface area contributed by atoms with Gasteiger partial charge in [-0.05, 0) is 0 Å². The Hall–Kier alpha value is 0.270. The molecule has 2 N–H and O–H groups in total. The Morgan fingerprint density at radius 1 is 1.25 bits per heavy atom. The van der Waals surface area contributed by atoms with E-state index in [0.29, 0.717) is 0 Å². The van der Waals surface area contributed by atoms with Crippen LogP contribution < -0.4 is 22.0 Å². The molecule has 0 atom stereocenters. The Balaban J connectivity index is -0.0000000833. The maximum atomic E-state index is 2.81. The van der Waals surface area contributed by atoms with Crippen molar-refractivity contribution in [3.8, 4) is 0 Å². The lowest BCUT2D eigenvalue weighted by molar-refractivity contribution is -0.375. The summed E-state index contributed by atoms with van der Waals surface area (Å²) < 4.78 is 0. The Morgan fingerprint density at radius 2 is 1.88 bits per heavy atom. The number of halogens is 3. The zero-order valence-electron chi connectivity index (χ0n) is 3.93. The molecule has 2 nitrogen and oxygen atoms in total. The van der Waals surface area contributed by atoms with Crippen LogP contribution in [-0.4, -0.2) is 4.98 Å². The van der Waals surface area contributed by atoms with E-state index in [9.17, 15) is 0 Å². The average molecular weight is 222 g/mol. The molecule has 0 spiro atoms. The molecule has 0 saturated heterocycles. The van der Waals surface area contributed by atoms with E-state index in [1.807, 2.05) is 12.4 Å². The van der Waals surface area contributed by atoms with Crippen molar-refractivity contribution in [2.75, 3.05) is 0 Å². The largest absolute Gasteiger partial charge is 1.00 e. The maximum Gasteiger partial charge on any atom is 0.239 e. The summed E-state index contributed by atoms with van der Waals surface area (Å²) >= 11 is 0. The van der Waals surface area contributed by atoms with Gasteiger partial charge in [-0.3, -0.25) is 9.97 Å². The van der Waals surface area contributed by atoms with E-state index in [-0.39, 0.29) is 41.8 Å². The van der Waals surface area contributed by atoms with Crippen molar-refractivity contribution in [1.29, 1.82) is 0 Å². The molecule has 0 saturated carbocycles. The molecule has 8 heavy (non-hydrogen) atoms. The summed E-state index contributed by atoms with van der Waals surface area (Å²) in [6.45, 7) is 0. The Kier molecular flexibility index (Phi) is 20.2. The van der Waals surface area contributed by atoms with E-state index >= 15 is 0 Å². The van der Waals surface area contributed by atoms with Crippen molar-refractivity contribution >= 4 is 24.8 Å². The first kappa shape index (κ1) is 15.7. The molecule has 0 fully saturated rings. The molecule has 0 unspecified atom stereocenters. The van der Waals surface area contributed by atoms with Crippen molar-refractivity contribution in [2.24, 2.45) is 0 Å². The normalized spacial score (nSPS) is 5.00. The molecule has 50 valence electrons. The second kappa shape index (κ2) is 10.3. The highest BCUT2D eigenvalue weighted by atomic mass is 79.9. The first-order valence-corrected chi connectivity index (χ1v) is 1.49. The Labute approximate surface area is 70.7 Å². The molecular weight excluding hydrogens is 215 g/mol. The second-order valence-electron chi connectivity index (χ2n) is 0.811. The molecule has 1 aromatic rings. The van der Waals surface area contributed by atoms with Crippen LogP contribution in [0.2, 0.25) is 0 Å². The van der Waals surface area contributed by atoms with E-state index in [1.165, 1.54) is 0 Å². The molecule has 1 aromatic heterocycles. The van der Waals surface area contributed by atoms with Crippen molar-refractivity contribution in [2.45, 2.75) is 0 Å². The molecule has 0 bridgehead atoms. The highest BCUT2D eigenvalue weighted by Crippen LogP contribution is 1.53. The van der Waals surface area contributed by atoms with Gasteiger partial charge in [0.05, 0.1) is 0 Å². The van der Waals surface area contributed by atoms with Gasteiger partial charge >= 0.3 is 0 Å². The third kappa shape index (κ3) is 6.27. The monoisotopic (exact) mass is 220 g/mol. The second-order valence-corrected chi connectivity index (χ2v) is 0.811. The Morgan fingerprint density at radius 3 is 2.00 bits per heavy atom. The molecular formula is C3H7BrCl2N2. The third-order valence-electron chi connectivity index (χ3n) is 0.442. The minimum absolute atomic E-state index is 0. The van der Waals surface area contributed by atoms with Crippen LogP contribution in [0.15, 0.2) is 18.7 Å². The van der Waals surface area contributed by atoms with Crippen molar-refractivity contribution < 1.29 is 22.0 Å². The van der Waals surface area contributed by atoms with Gasteiger partial charge in [-0.2, -0.15) is 0 Å². The van der Waals surface area contributed by atoms with Crippen LogP contribution >= 0.6 is 24.8 Å². The average Bonchev–Trinajstić information content (AvgIpc) is 1.76. The zero-order valence-corrected chi connectivity index (χ0v) is 7.15. The topological polar surface area (TPSA) is 29.9 Å². The first-order chi connectivity index (χ1) is 2.50. The van der Waals surface area contributed by atoms with Gasteiger partial charge in [0.2, 0.25) is 6.33 Å². The van der Waals surface area contributed by atoms with E-state index in [2.05, 4.69) is 9.97 Å². The van der Waals surface area contributed by atoms with Crippen molar-refractivity contribution in [3.63, 3.8) is 0 Å². The standard InChI is InChI=1S/C3H4N2.BrH.2ClH/c1-2-5-3-4-1;;;/h1-3H,(H,4,5);3*1H. The minimum atomic E-state index is 0. The highest BCUT2D eigenvalue weighted by molar-refractivity contribution is 5.85. The molecule has 0 aromatic carbocycles. The van der Waals surface area contributed by atoms with Gasteiger partial charge in [0, 0.05) is 0 Å². The van der Waals surface area contributed by atoms with Gasteiger partial charge < -0.3 is 17.0 Å². The molecule has 1 rings (SSSR count). The summed E-state index contributed by atoms with van der Waals surface area (Å²) in [4.78, 5) is 5.61. The lowest BCUT2D eigenvalue weighted by Gasteiger charge is -1.37. The number of nitrogens with one attached hydrogen (secondary N) is 2. The highest BCUT2D eigenvalue weighted by Gasteiger charge is 1.65. The summed E-state index contributed by atoms with van der Waals surface area (Å²) in [7, 11) is 0. The van der Waals surface area contributed by atoms with Crippen LogP contribution in [-0.2, 0) is 0 Å². The van der Waals surface area contributed by atoms with Crippen LogP contribution in [0.25, 0.3) is 0 Å². The number of hydrogen-bond acceptors (Lipinski definition) is 0. The predicted molar refractivity (Wildman–Crippen MR) is 31.8 cm³/mol. The molecule has 0 aliphatic rings. The van der Waals surface area contributed by atoms with Crippen molar-refractivity contribution in [1.82, 2.24) is 4.98 Å². The smallest absolute Gasteiger partial charge is 0.239 e. The van der Waals surface area contributed by atoms with E-state index in [4.69, 9.17) is 0 Å². The van der Waals surface area contributed by atoms with Gasteiger partial charge in [-0.25, -0.2) is 0 Å². The van der Waals surface area contributed by atoms with Crippen LogP contribution in [0.4, 0.5) is 0 Å². The van der Waals surface area contributed by atoms with Crippen LogP contribution in [0.1, 0.15) is 0 Å². The number of rotatable bonds is 0. The third-order valence-corrected chi connectivity index (χ3v) is 0.442. The van der Waals surface area contributed by atoms with Crippen LogP contribution in [0, 0.1) is 0 Å². The number of hydrogen-bond donors (Lipinski definition) is 1. The molecule has 5 heteroatoms. The van der Waals surface area contributed by atoms with E-state index in [0.717, 1.165) is 0 Å². The Bertz CT molecular complexity index is 71.8. The van der Waals surface area contributed by atoms with Gasteiger partial charge in [0.15, 0.2) is 0 Å². The van der Waals surface area contributed by atoms with Crippen LogP contribution in [0.3, 0.4) is 0 Å². The number of aromatic amines is 2. The maximum absolute atomic E-state index is 2.81. The van der Waals surface area contributed by atoms with Gasteiger partial charge in [0.25, 0.3) is 0 Å². The quantitative estimate of drug-likeness (QED) is 0.510. The van der Waals surface area contributed by atoms with Gasteiger partial charge in [0.1, 0.15) is 12.4 Å². The van der Waals surface area contributed by atoms with Crippen molar-refractivity contribution in [3.05, 3.63) is 18.7 Å². The fourth-order valence-electron chi connectivity index (χ4n) is 0.241. The van der Waals surface area contributed by atoms with Gasteiger partial charge in [-0.15, -0.1) is 24.8 Å². The fourth-order valence-corrected chi connectivity index (χ4v) is 0.241. The lowest BCUT2D eigenvalue weighted by Crippen LogP contribution is -3.00. The summed E-state index contributed by atoms with van der Waals surface area (Å²) in [6.07, 6.45) is 5.39. The SMILES string of the molecule is Cl.Cl.[Br-].c1c[nH+]c[nH]1. The fraction of sp³-hybridized carbons (Fsp3) is 0. The number of imidazole rings is 1. The number of H-pyrrole nitrogens is 2. The number of aromatic nitrogens is 2. The molecule has 0 aliphatic heterocycles. The molecule has 0 amide bonds. The zero-order chi connectivity index (χ0) is 3.54. The van der Waals surface area contributed by atoms with E-state index in [1.54, 1.807) is 6.33 Å². The summed E-state index contributed by atoms with van der Waals surface area (Å²) in [5, 5.41) is 0. The molecule has 0 radical (unpaired) electrons. The summed E-state index contributed by atoms with van der Waals surface area (Å²) in [5.74, 6) is 0. The predicted octanol–water partition coefficient (Wildman–Crippen LogP) is -2.32. The molecule has 0 aliphatic carbocycles. The van der Waals surface area contributed by atoms with E-state index < -0.39 is 0 Å². The molecule has 1 heterocycles.